The molecular formula is C18H19N9O3S2. The van der Waals surface area contributed by atoms with Crippen molar-refractivity contribution < 1.29 is 14.2 Å². The minimum absolute atomic E-state index is 0.0157. The summed E-state index contributed by atoms with van der Waals surface area (Å²) in [5.74, 6) is 2.05. The minimum atomic E-state index is -0.535. The van der Waals surface area contributed by atoms with Crippen molar-refractivity contribution in [2.24, 2.45) is 10.1 Å². The quantitative estimate of drug-likeness (QED) is 0.381. The SMILES string of the molecule is COc1ccc(/C=N/NC(=O)c2c(C)nnn2-c2nonc2N)cc1CSC1=NCCS1. The molecule has 166 valence electrons. The van der Waals surface area contributed by atoms with E-state index in [-0.39, 0.29) is 17.3 Å². The van der Waals surface area contributed by atoms with E-state index in [4.69, 9.17) is 10.5 Å². The number of rotatable bonds is 7. The fraction of sp³-hybridized carbons (Fsp3) is 0.278. The number of nitrogen functional groups attached to an aromatic ring is 1. The lowest BCUT2D eigenvalue weighted by molar-refractivity contribution is 0.0946. The number of anilines is 1. The zero-order valence-corrected chi connectivity index (χ0v) is 18.8. The smallest absolute Gasteiger partial charge is 0.292 e. The Morgan fingerprint density at radius 1 is 1.47 bits per heavy atom. The molecule has 0 aliphatic carbocycles. The van der Waals surface area contributed by atoms with Crippen LogP contribution in [0.15, 0.2) is 32.9 Å². The van der Waals surface area contributed by atoms with Gasteiger partial charge in [0.2, 0.25) is 11.6 Å². The molecule has 0 fully saturated rings. The average molecular weight is 474 g/mol. The lowest BCUT2D eigenvalue weighted by Gasteiger charge is -2.09. The first kappa shape index (κ1) is 21.8. The van der Waals surface area contributed by atoms with Crippen LogP contribution in [0, 0.1) is 6.92 Å². The van der Waals surface area contributed by atoms with Crippen LogP contribution in [-0.2, 0) is 5.75 Å². The molecule has 0 bridgehead atoms. The number of aromatic nitrogens is 5. The Hall–Kier alpha value is -3.39. The number of amides is 1. The van der Waals surface area contributed by atoms with E-state index < -0.39 is 5.91 Å². The zero-order valence-electron chi connectivity index (χ0n) is 17.2. The number of nitrogens with one attached hydrogen (secondary N) is 1. The number of nitrogens with two attached hydrogens (primary N) is 1. The molecule has 1 amide bonds. The highest BCUT2D eigenvalue weighted by atomic mass is 32.2. The summed E-state index contributed by atoms with van der Waals surface area (Å²) >= 11 is 3.44. The fourth-order valence-corrected chi connectivity index (χ4v) is 4.84. The van der Waals surface area contributed by atoms with E-state index in [2.05, 4.69) is 40.8 Å². The van der Waals surface area contributed by atoms with E-state index in [0.717, 1.165) is 44.0 Å². The number of aliphatic imine (C=N–C) groups is 1. The maximum atomic E-state index is 12.7. The molecule has 12 nitrogen and oxygen atoms in total. The number of hydrazone groups is 1. The first-order valence-electron chi connectivity index (χ1n) is 9.38. The topological polar surface area (TPSA) is 159 Å². The maximum absolute atomic E-state index is 12.7. The number of hydrogen-bond acceptors (Lipinski definition) is 12. The lowest BCUT2D eigenvalue weighted by atomic mass is 10.1. The van der Waals surface area contributed by atoms with Crippen LogP contribution < -0.4 is 15.9 Å². The summed E-state index contributed by atoms with van der Waals surface area (Å²) in [5, 5.41) is 19.0. The molecule has 14 heteroatoms. The average Bonchev–Trinajstić information content (AvgIpc) is 3.53. The summed E-state index contributed by atoms with van der Waals surface area (Å²) < 4.78 is 12.3. The van der Waals surface area contributed by atoms with Crippen molar-refractivity contribution >= 4 is 45.8 Å². The number of hydrogen-bond donors (Lipinski definition) is 2. The first-order chi connectivity index (χ1) is 15.6. The van der Waals surface area contributed by atoms with Crippen molar-refractivity contribution in [3.05, 3.63) is 40.7 Å². The minimum Gasteiger partial charge on any atom is -0.496 e. The third-order valence-corrected chi connectivity index (χ3v) is 6.64. The highest BCUT2D eigenvalue weighted by Gasteiger charge is 2.22. The number of aryl methyl sites for hydroxylation is 1. The van der Waals surface area contributed by atoms with Gasteiger partial charge in [-0.2, -0.15) is 9.78 Å². The Bertz CT molecular complexity index is 1190. The third kappa shape index (κ3) is 4.75. The van der Waals surface area contributed by atoms with Gasteiger partial charge in [-0.3, -0.25) is 9.79 Å². The van der Waals surface area contributed by atoms with Gasteiger partial charge in [-0.15, -0.1) is 5.10 Å². The summed E-state index contributed by atoms with van der Waals surface area (Å²) in [6, 6.07) is 5.68. The van der Waals surface area contributed by atoms with E-state index in [1.54, 1.807) is 43.8 Å². The van der Waals surface area contributed by atoms with Gasteiger partial charge in [0.25, 0.3) is 5.91 Å². The molecule has 0 saturated heterocycles. The van der Waals surface area contributed by atoms with Gasteiger partial charge < -0.3 is 10.5 Å². The van der Waals surface area contributed by atoms with Gasteiger partial charge in [0.15, 0.2) is 5.69 Å². The van der Waals surface area contributed by atoms with Crippen LogP contribution in [0.1, 0.15) is 27.3 Å². The second kappa shape index (κ2) is 9.82. The van der Waals surface area contributed by atoms with Crippen LogP contribution in [0.3, 0.4) is 0 Å². The first-order valence-corrected chi connectivity index (χ1v) is 11.3. The van der Waals surface area contributed by atoms with Crippen LogP contribution in [-0.4, -0.2) is 61.2 Å². The van der Waals surface area contributed by atoms with Crippen molar-refractivity contribution in [1.29, 1.82) is 0 Å². The molecule has 1 aliphatic rings. The van der Waals surface area contributed by atoms with Gasteiger partial charge in [0.1, 0.15) is 10.1 Å². The van der Waals surface area contributed by atoms with Crippen molar-refractivity contribution in [2.45, 2.75) is 12.7 Å². The summed E-state index contributed by atoms with van der Waals surface area (Å²) in [6.07, 6.45) is 1.54. The molecular weight excluding hydrogens is 454 g/mol. The van der Waals surface area contributed by atoms with E-state index in [1.807, 2.05) is 18.2 Å². The molecule has 1 aliphatic heterocycles. The molecule has 0 saturated carbocycles. The van der Waals surface area contributed by atoms with Crippen LogP contribution in [0.4, 0.5) is 5.82 Å². The predicted octanol–water partition coefficient (Wildman–Crippen LogP) is 1.65. The third-order valence-electron chi connectivity index (χ3n) is 4.34. The van der Waals surface area contributed by atoms with E-state index in [9.17, 15) is 4.79 Å². The van der Waals surface area contributed by atoms with Crippen molar-refractivity contribution in [2.75, 3.05) is 25.1 Å². The molecule has 0 unspecified atom stereocenters. The molecule has 3 aromatic rings. The largest absolute Gasteiger partial charge is 0.496 e. The Morgan fingerprint density at radius 3 is 3.06 bits per heavy atom. The van der Waals surface area contributed by atoms with Gasteiger partial charge >= 0.3 is 0 Å². The maximum Gasteiger partial charge on any atom is 0.292 e. The second-order valence-corrected chi connectivity index (χ2v) is 8.77. The van der Waals surface area contributed by atoms with Gasteiger partial charge in [-0.1, -0.05) is 28.7 Å². The van der Waals surface area contributed by atoms with E-state index in [1.165, 1.54) is 0 Å². The van der Waals surface area contributed by atoms with Gasteiger partial charge in [0, 0.05) is 17.1 Å². The molecule has 0 radical (unpaired) electrons. The monoisotopic (exact) mass is 473 g/mol. The molecule has 32 heavy (non-hydrogen) atoms. The fourth-order valence-electron chi connectivity index (χ4n) is 2.86. The molecule has 1 aromatic carbocycles. The number of ether oxygens (including phenoxy) is 1. The zero-order chi connectivity index (χ0) is 22.5. The highest BCUT2D eigenvalue weighted by molar-refractivity contribution is 8.38. The number of carbonyl (C=O) groups is 1. The Morgan fingerprint density at radius 2 is 2.34 bits per heavy atom. The number of methoxy groups -OCH3 is 1. The molecule has 3 N–H and O–H groups in total. The van der Waals surface area contributed by atoms with Crippen LogP contribution >= 0.6 is 23.5 Å². The number of benzene rings is 1. The molecule has 3 heterocycles. The van der Waals surface area contributed by atoms with Crippen LogP contribution in [0.25, 0.3) is 5.82 Å². The van der Waals surface area contributed by atoms with Crippen LogP contribution in [0.5, 0.6) is 5.75 Å². The Kier molecular flexibility index (Phi) is 6.70. The summed E-state index contributed by atoms with van der Waals surface area (Å²) in [6.45, 7) is 2.50. The number of nitrogens with zero attached hydrogens (tertiary/aromatic N) is 7. The summed E-state index contributed by atoms with van der Waals surface area (Å²) in [4.78, 5) is 17.1. The predicted molar refractivity (Wildman–Crippen MR) is 122 cm³/mol. The highest BCUT2D eigenvalue weighted by Crippen LogP contribution is 2.29. The molecule has 2 aromatic heterocycles. The molecule has 0 spiro atoms. The Balaban J connectivity index is 1.46. The number of thioether (sulfide) groups is 2. The van der Waals surface area contributed by atoms with Gasteiger partial charge in [-0.05, 0) is 41.0 Å². The molecule has 0 atom stereocenters. The Labute approximate surface area is 191 Å². The van der Waals surface area contributed by atoms with Gasteiger partial charge in [-0.25, -0.2) is 10.1 Å². The normalized spacial score (nSPS) is 13.5. The van der Waals surface area contributed by atoms with Crippen molar-refractivity contribution in [1.82, 2.24) is 30.7 Å². The molecule has 4 rings (SSSR count). The lowest BCUT2D eigenvalue weighted by Crippen LogP contribution is -2.22. The van der Waals surface area contributed by atoms with Gasteiger partial charge in [0.05, 0.1) is 25.6 Å². The summed E-state index contributed by atoms with van der Waals surface area (Å²) in [7, 11) is 1.63. The van der Waals surface area contributed by atoms with Crippen LogP contribution in [0.2, 0.25) is 0 Å². The van der Waals surface area contributed by atoms with E-state index >= 15 is 0 Å². The van der Waals surface area contributed by atoms with Crippen molar-refractivity contribution in [3.8, 4) is 11.6 Å². The standard InChI is InChI=1S/C18H19N9O3S2/c1-10-14(27(26-22-10)16-15(19)24-30-25-16)17(28)23-21-8-11-3-4-13(29-2)12(7-11)9-32-18-20-5-6-31-18/h3-4,7-8H,5-6,9H2,1-2H3,(H2,19,24)(H,23,28)/b21-8+. The second-order valence-electron chi connectivity index (χ2n) is 6.46. The van der Waals surface area contributed by atoms with Crippen molar-refractivity contribution in [3.63, 3.8) is 0 Å². The van der Waals surface area contributed by atoms with E-state index in [0.29, 0.717) is 5.69 Å². The number of carbonyl (C=O) groups excluding carboxylic acids is 1. The summed E-state index contributed by atoms with van der Waals surface area (Å²) in [5.41, 5.74) is 10.5.